The molecule has 1 N–H and O–H groups in total. The Morgan fingerprint density at radius 3 is 2.17 bits per heavy atom. The Morgan fingerprint density at radius 2 is 1.56 bits per heavy atom. The molecular formula is C16H17NO. The van der Waals surface area contributed by atoms with Crippen molar-refractivity contribution in [2.45, 2.75) is 12.8 Å². The predicted octanol–water partition coefficient (Wildman–Crippen LogP) is 3.22. The number of hydrogen-bond acceptors (Lipinski definition) is 1. The Labute approximate surface area is 108 Å². The van der Waals surface area contributed by atoms with Gasteiger partial charge in [0, 0.05) is 12.1 Å². The molecule has 18 heavy (non-hydrogen) atoms. The van der Waals surface area contributed by atoms with Crippen LogP contribution in [0.15, 0.2) is 60.7 Å². The summed E-state index contributed by atoms with van der Waals surface area (Å²) in [7, 11) is 0. The van der Waals surface area contributed by atoms with Gasteiger partial charge < -0.3 is 5.32 Å². The highest BCUT2D eigenvalue weighted by Gasteiger charge is 2.08. The molecule has 0 saturated carbocycles. The maximum Gasteiger partial charge on any atom is 0.251 e. The van der Waals surface area contributed by atoms with Crippen molar-refractivity contribution in [3.8, 4) is 0 Å². The monoisotopic (exact) mass is 239 g/mol. The molecule has 0 radical (unpaired) electrons. The van der Waals surface area contributed by atoms with Crippen molar-refractivity contribution in [1.29, 1.82) is 0 Å². The van der Waals surface area contributed by atoms with E-state index in [1.807, 2.05) is 48.5 Å². The van der Waals surface area contributed by atoms with Gasteiger partial charge in [-0.25, -0.2) is 0 Å². The molecule has 0 unspecified atom stereocenters. The lowest BCUT2D eigenvalue weighted by Crippen LogP contribution is -2.27. The first-order valence-electron chi connectivity index (χ1n) is 6.15. The van der Waals surface area contributed by atoms with Crippen LogP contribution < -0.4 is 5.32 Å². The average Bonchev–Trinajstić information content (AvgIpc) is 2.46. The van der Waals surface area contributed by atoms with Crippen LogP contribution in [-0.2, 0) is 0 Å². The largest absolute Gasteiger partial charge is 0.351 e. The molecule has 2 aromatic carbocycles. The molecule has 0 spiro atoms. The molecule has 0 aliphatic heterocycles. The number of carbonyl (C=O) groups excluding carboxylic acids is 1. The van der Waals surface area contributed by atoms with Crippen LogP contribution in [0.1, 0.15) is 28.8 Å². The zero-order valence-corrected chi connectivity index (χ0v) is 10.5. The van der Waals surface area contributed by atoms with E-state index in [1.165, 1.54) is 5.56 Å². The fourth-order valence-electron chi connectivity index (χ4n) is 1.84. The Kier molecular flexibility index (Phi) is 4.13. The summed E-state index contributed by atoms with van der Waals surface area (Å²) in [5, 5.41) is 2.96. The van der Waals surface area contributed by atoms with Gasteiger partial charge in [0.15, 0.2) is 0 Å². The van der Waals surface area contributed by atoms with E-state index in [-0.39, 0.29) is 5.91 Å². The Balaban J connectivity index is 1.91. The zero-order valence-electron chi connectivity index (χ0n) is 10.5. The lowest BCUT2D eigenvalue weighted by Gasteiger charge is -2.13. The molecule has 92 valence electrons. The van der Waals surface area contributed by atoms with Crippen molar-refractivity contribution in [3.63, 3.8) is 0 Å². The summed E-state index contributed by atoms with van der Waals surface area (Å²) in [6, 6.07) is 19.5. The molecule has 2 rings (SSSR count). The van der Waals surface area contributed by atoms with Gasteiger partial charge in [-0.15, -0.1) is 0 Å². The second-order valence-electron chi connectivity index (χ2n) is 4.39. The van der Waals surface area contributed by atoms with Gasteiger partial charge >= 0.3 is 0 Å². The van der Waals surface area contributed by atoms with Crippen LogP contribution in [0.25, 0.3) is 0 Å². The highest BCUT2D eigenvalue weighted by molar-refractivity contribution is 5.94. The molecule has 2 aromatic rings. The van der Waals surface area contributed by atoms with Crippen molar-refractivity contribution in [2.24, 2.45) is 0 Å². The summed E-state index contributed by atoms with van der Waals surface area (Å²) in [6.45, 7) is 2.76. The molecule has 0 aromatic heterocycles. The number of hydrogen-bond donors (Lipinski definition) is 1. The second-order valence-corrected chi connectivity index (χ2v) is 4.39. The van der Waals surface area contributed by atoms with Gasteiger partial charge in [-0.2, -0.15) is 0 Å². The first-order chi connectivity index (χ1) is 8.77. The Bertz CT molecular complexity index is 493. The van der Waals surface area contributed by atoms with Gasteiger partial charge in [0.25, 0.3) is 5.91 Å². The number of nitrogens with one attached hydrogen (secondary N) is 1. The van der Waals surface area contributed by atoms with E-state index < -0.39 is 0 Å². The summed E-state index contributed by atoms with van der Waals surface area (Å²) in [4.78, 5) is 11.9. The zero-order chi connectivity index (χ0) is 12.8. The third kappa shape index (κ3) is 3.20. The van der Waals surface area contributed by atoms with Gasteiger partial charge in [-0.05, 0) is 23.6 Å². The molecule has 2 heteroatoms. The standard InChI is InChI=1S/C16H17NO/c1-13(14-8-4-2-5-9-14)12-17-16(18)15-10-6-3-7-11-15/h2-11,13H,12H2,1H3,(H,17,18)/t13-/m0/s1. The maximum atomic E-state index is 11.9. The third-order valence-electron chi connectivity index (χ3n) is 2.97. The molecule has 0 heterocycles. The molecule has 0 saturated heterocycles. The predicted molar refractivity (Wildman–Crippen MR) is 73.6 cm³/mol. The molecule has 0 fully saturated rings. The Hall–Kier alpha value is -2.09. The molecule has 0 aliphatic rings. The van der Waals surface area contributed by atoms with Crippen LogP contribution in [0.2, 0.25) is 0 Å². The normalized spacial score (nSPS) is 11.8. The minimum absolute atomic E-state index is 0.0154. The van der Waals surface area contributed by atoms with Crippen LogP contribution in [0.4, 0.5) is 0 Å². The number of rotatable bonds is 4. The molecule has 0 bridgehead atoms. The number of amides is 1. The fraction of sp³-hybridized carbons (Fsp3) is 0.188. The molecule has 2 nitrogen and oxygen atoms in total. The molecular weight excluding hydrogens is 222 g/mol. The summed E-state index contributed by atoms with van der Waals surface area (Å²) in [5.41, 5.74) is 1.95. The van der Waals surface area contributed by atoms with E-state index >= 15 is 0 Å². The summed E-state index contributed by atoms with van der Waals surface area (Å²) in [5.74, 6) is 0.303. The summed E-state index contributed by atoms with van der Waals surface area (Å²) in [6.07, 6.45) is 0. The first kappa shape index (κ1) is 12.4. The fourth-order valence-corrected chi connectivity index (χ4v) is 1.84. The van der Waals surface area contributed by atoms with Crippen molar-refractivity contribution in [3.05, 3.63) is 71.8 Å². The average molecular weight is 239 g/mol. The number of carbonyl (C=O) groups is 1. The van der Waals surface area contributed by atoms with E-state index in [0.717, 1.165) is 0 Å². The van der Waals surface area contributed by atoms with Crippen LogP contribution in [0.3, 0.4) is 0 Å². The van der Waals surface area contributed by atoms with E-state index in [1.54, 1.807) is 0 Å². The van der Waals surface area contributed by atoms with Gasteiger partial charge in [0.2, 0.25) is 0 Å². The van der Waals surface area contributed by atoms with Crippen molar-refractivity contribution in [1.82, 2.24) is 5.32 Å². The minimum Gasteiger partial charge on any atom is -0.351 e. The minimum atomic E-state index is -0.0154. The molecule has 1 amide bonds. The van der Waals surface area contributed by atoms with Crippen LogP contribution in [0, 0.1) is 0 Å². The highest BCUT2D eigenvalue weighted by atomic mass is 16.1. The SMILES string of the molecule is C[C@@H](CNC(=O)c1ccccc1)c1ccccc1. The topological polar surface area (TPSA) is 29.1 Å². The second kappa shape index (κ2) is 6.01. The van der Waals surface area contributed by atoms with Crippen LogP contribution >= 0.6 is 0 Å². The Morgan fingerprint density at radius 1 is 1.00 bits per heavy atom. The van der Waals surface area contributed by atoms with E-state index in [0.29, 0.717) is 18.0 Å². The van der Waals surface area contributed by atoms with Gasteiger partial charge in [-0.3, -0.25) is 4.79 Å². The third-order valence-corrected chi connectivity index (χ3v) is 2.97. The van der Waals surface area contributed by atoms with Crippen molar-refractivity contribution in [2.75, 3.05) is 6.54 Å². The van der Waals surface area contributed by atoms with E-state index in [2.05, 4.69) is 24.4 Å². The van der Waals surface area contributed by atoms with Gasteiger partial charge in [-0.1, -0.05) is 55.5 Å². The smallest absolute Gasteiger partial charge is 0.251 e. The lowest BCUT2D eigenvalue weighted by atomic mass is 10.0. The van der Waals surface area contributed by atoms with Gasteiger partial charge in [0.05, 0.1) is 0 Å². The van der Waals surface area contributed by atoms with E-state index in [4.69, 9.17) is 0 Å². The van der Waals surface area contributed by atoms with Crippen molar-refractivity contribution < 1.29 is 4.79 Å². The summed E-state index contributed by atoms with van der Waals surface area (Å²) < 4.78 is 0. The molecule has 0 aliphatic carbocycles. The van der Waals surface area contributed by atoms with Crippen LogP contribution in [0.5, 0.6) is 0 Å². The van der Waals surface area contributed by atoms with Crippen LogP contribution in [-0.4, -0.2) is 12.5 Å². The van der Waals surface area contributed by atoms with Gasteiger partial charge in [0.1, 0.15) is 0 Å². The molecule has 1 atom stereocenters. The van der Waals surface area contributed by atoms with E-state index in [9.17, 15) is 4.79 Å². The maximum absolute atomic E-state index is 11.9. The number of benzene rings is 2. The van der Waals surface area contributed by atoms with Crippen molar-refractivity contribution >= 4 is 5.91 Å². The highest BCUT2D eigenvalue weighted by Crippen LogP contribution is 2.13. The quantitative estimate of drug-likeness (QED) is 0.872. The summed E-state index contributed by atoms with van der Waals surface area (Å²) >= 11 is 0. The lowest BCUT2D eigenvalue weighted by molar-refractivity contribution is 0.0951. The first-order valence-corrected chi connectivity index (χ1v) is 6.15.